The highest BCUT2D eigenvalue weighted by Crippen LogP contribution is 2.17. The van der Waals surface area contributed by atoms with Gasteiger partial charge in [-0.3, -0.25) is 4.79 Å². The van der Waals surface area contributed by atoms with Crippen LogP contribution in [0.15, 0.2) is 91.0 Å². The molecule has 4 nitrogen and oxygen atoms in total. The lowest BCUT2D eigenvalue weighted by Crippen LogP contribution is -2.62. The Bertz CT molecular complexity index is 946. The highest BCUT2D eigenvalue weighted by molar-refractivity contribution is 5.82. The van der Waals surface area contributed by atoms with Gasteiger partial charge in [0.2, 0.25) is 5.91 Å². The number of rotatable bonds is 7. The first-order valence-electron chi connectivity index (χ1n) is 11.1. The van der Waals surface area contributed by atoms with E-state index in [4.69, 9.17) is 5.73 Å². The Hall–Kier alpha value is -2.95. The number of piperazine rings is 1. The average Bonchev–Trinajstić information content (AvgIpc) is 2.81. The molecule has 0 aromatic heterocycles. The molecule has 0 bridgehead atoms. The fraction of sp³-hybridized carbons (Fsp3) is 0.296. The Morgan fingerprint density at radius 2 is 1.35 bits per heavy atom. The zero-order chi connectivity index (χ0) is 21.5. The maximum Gasteiger partial charge on any atom is 0.240 e. The summed E-state index contributed by atoms with van der Waals surface area (Å²) in [6.45, 7) is 1.45. The highest BCUT2D eigenvalue weighted by atomic mass is 16.2. The number of nitrogens with one attached hydrogen (secondary N) is 1. The molecule has 160 valence electrons. The molecule has 31 heavy (non-hydrogen) atoms. The minimum atomic E-state index is -0.531. The van der Waals surface area contributed by atoms with Gasteiger partial charge in [0, 0.05) is 25.2 Å². The number of nitrogens with zero attached hydrogens (tertiary/aromatic N) is 1. The minimum Gasteiger partial charge on any atom is -0.335 e. The van der Waals surface area contributed by atoms with E-state index in [0.29, 0.717) is 13.0 Å². The van der Waals surface area contributed by atoms with E-state index in [0.717, 1.165) is 24.9 Å². The molecule has 3 aromatic rings. The van der Waals surface area contributed by atoms with Crippen LogP contribution >= 0.6 is 0 Å². The van der Waals surface area contributed by atoms with Gasteiger partial charge in [0.05, 0.1) is 6.04 Å². The van der Waals surface area contributed by atoms with Crippen LogP contribution in [0, 0.1) is 0 Å². The Kier molecular flexibility index (Phi) is 7.13. The third-order valence-corrected chi connectivity index (χ3v) is 6.04. The number of hydrogen-bond acceptors (Lipinski definition) is 3. The van der Waals surface area contributed by atoms with Crippen LogP contribution in [0.4, 0.5) is 0 Å². The van der Waals surface area contributed by atoms with Crippen LogP contribution in [0.2, 0.25) is 0 Å². The van der Waals surface area contributed by atoms with E-state index in [2.05, 4.69) is 53.8 Å². The maximum absolute atomic E-state index is 13.5. The second-order valence-electron chi connectivity index (χ2n) is 8.43. The van der Waals surface area contributed by atoms with Crippen LogP contribution < -0.4 is 11.1 Å². The number of carbonyl (C=O) groups is 1. The van der Waals surface area contributed by atoms with Crippen molar-refractivity contribution in [3.05, 3.63) is 108 Å². The standard InChI is InChI=1S/C27H31N3O/c28-26(18-23-14-8-3-9-15-23)27(31)30-20-24(16-21-10-4-1-5-11-21)29-19-25(30)17-22-12-6-2-7-13-22/h1-15,24-26,29H,16-20,28H2/t24-,25+,26+/m0/s1. The van der Waals surface area contributed by atoms with Gasteiger partial charge in [0.1, 0.15) is 0 Å². The smallest absolute Gasteiger partial charge is 0.240 e. The highest BCUT2D eigenvalue weighted by Gasteiger charge is 2.33. The predicted octanol–water partition coefficient (Wildman–Crippen LogP) is 3.21. The zero-order valence-electron chi connectivity index (χ0n) is 17.9. The second-order valence-corrected chi connectivity index (χ2v) is 8.43. The summed E-state index contributed by atoms with van der Waals surface area (Å²) in [6, 6.07) is 30.7. The fourth-order valence-corrected chi connectivity index (χ4v) is 4.41. The van der Waals surface area contributed by atoms with Crippen molar-refractivity contribution in [2.45, 2.75) is 37.4 Å². The molecule has 0 aliphatic carbocycles. The maximum atomic E-state index is 13.5. The van der Waals surface area contributed by atoms with E-state index in [1.807, 2.05) is 47.4 Å². The molecule has 1 fully saturated rings. The summed E-state index contributed by atoms with van der Waals surface area (Å²) in [5, 5.41) is 3.68. The van der Waals surface area contributed by atoms with Crippen LogP contribution in [-0.4, -0.2) is 42.0 Å². The van der Waals surface area contributed by atoms with Gasteiger partial charge in [-0.1, -0.05) is 91.0 Å². The molecule has 1 aliphatic rings. The summed E-state index contributed by atoms with van der Waals surface area (Å²) in [5.41, 5.74) is 10.0. The molecule has 3 aromatic carbocycles. The molecule has 3 atom stereocenters. The Morgan fingerprint density at radius 3 is 1.94 bits per heavy atom. The summed E-state index contributed by atoms with van der Waals surface area (Å²) < 4.78 is 0. The van der Waals surface area contributed by atoms with E-state index in [1.165, 1.54) is 11.1 Å². The molecule has 4 heteroatoms. The van der Waals surface area contributed by atoms with Gasteiger partial charge in [0.15, 0.2) is 0 Å². The van der Waals surface area contributed by atoms with E-state index in [9.17, 15) is 4.79 Å². The van der Waals surface area contributed by atoms with Gasteiger partial charge in [-0.25, -0.2) is 0 Å². The number of hydrogen-bond donors (Lipinski definition) is 2. The van der Waals surface area contributed by atoms with Crippen molar-refractivity contribution in [2.24, 2.45) is 5.73 Å². The third-order valence-electron chi connectivity index (χ3n) is 6.04. The van der Waals surface area contributed by atoms with Crippen molar-refractivity contribution in [1.82, 2.24) is 10.2 Å². The summed E-state index contributed by atoms with van der Waals surface area (Å²) in [6.07, 6.45) is 2.29. The van der Waals surface area contributed by atoms with Gasteiger partial charge in [-0.15, -0.1) is 0 Å². The topological polar surface area (TPSA) is 58.4 Å². The normalized spacial score (nSPS) is 19.7. The van der Waals surface area contributed by atoms with Crippen molar-refractivity contribution >= 4 is 5.91 Å². The molecule has 4 rings (SSSR count). The van der Waals surface area contributed by atoms with Crippen LogP contribution in [0.1, 0.15) is 16.7 Å². The number of amides is 1. The molecule has 1 amide bonds. The number of carbonyl (C=O) groups excluding carboxylic acids is 1. The van der Waals surface area contributed by atoms with Crippen molar-refractivity contribution in [3.63, 3.8) is 0 Å². The lowest BCUT2D eigenvalue weighted by Gasteiger charge is -2.42. The molecule has 1 heterocycles. The Balaban J connectivity index is 1.49. The van der Waals surface area contributed by atoms with Gasteiger partial charge < -0.3 is 16.0 Å². The molecule has 1 saturated heterocycles. The first-order valence-corrected chi connectivity index (χ1v) is 11.1. The van der Waals surface area contributed by atoms with Gasteiger partial charge in [-0.2, -0.15) is 0 Å². The zero-order valence-corrected chi connectivity index (χ0v) is 17.9. The quantitative estimate of drug-likeness (QED) is 0.625. The largest absolute Gasteiger partial charge is 0.335 e. The number of benzene rings is 3. The van der Waals surface area contributed by atoms with Crippen molar-refractivity contribution in [3.8, 4) is 0 Å². The van der Waals surface area contributed by atoms with E-state index in [-0.39, 0.29) is 18.0 Å². The van der Waals surface area contributed by atoms with Crippen LogP contribution in [0.5, 0.6) is 0 Å². The lowest BCUT2D eigenvalue weighted by atomic mass is 9.96. The monoisotopic (exact) mass is 413 g/mol. The fourth-order valence-electron chi connectivity index (χ4n) is 4.41. The Labute approximate surface area is 185 Å². The van der Waals surface area contributed by atoms with Crippen molar-refractivity contribution < 1.29 is 4.79 Å². The first-order chi connectivity index (χ1) is 15.2. The molecular formula is C27H31N3O. The van der Waals surface area contributed by atoms with Crippen LogP contribution in [0.25, 0.3) is 0 Å². The first kappa shape index (κ1) is 21.3. The summed E-state index contributed by atoms with van der Waals surface area (Å²) in [5.74, 6) is 0.0457. The summed E-state index contributed by atoms with van der Waals surface area (Å²) in [4.78, 5) is 15.5. The van der Waals surface area contributed by atoms with E-state index < -0.39 is 6.04 Å². The van der Waals surface area contributed by atoms with Crippen molar-refractivity contribution in [2.75, 3.05) is 13.1 Å². The molecule has 0 radical (unpaired) electrons. The van der Waals surface area contributed by atoms with Gasteiger partial charge >= 0.3 is 0 Å². The van der Waals surface area contributed by atoms with Gasteiger partial charge in [-0.05, 0) is 36.0 Å². The Morgan fingerprint density at radius 1 is 0.839 bits per heavy atom. The van der Waals surface area contributed by atoms with E-state index >= 15 is 0 Å². The third kappa shape index (κ3) is 5.81. The molecule has 0 unspecified atom stereocenters. The minimum absolute atomic E-state index is 0.0457. The lowest BCUT2D eigenvalue weighted by molar-refractivity contribution is -0.136. The molecule has 3 N–H and O–H groups in total. The summed E-state index contributed by atoms with van der Waals surface area (Å²) >= 11 is 0. The number of nitrogens with two attached hydrogens (primary N) is 1. The second kappa shape index (κ2) is 10.4. The SMILES string of the molecule is N[C@H](Cc1ccccc1)C(=O)N1C[C@H](Cc2ccccc2)NC[C@H]1Cc1ccccc1. The molecular weight excluding hydrogens is 382 g/mol. The predicted molar refractivity (Wildman–Crippen MR) is 126 cm³/mol. The van der Waals surface area contributed by atoms with Crippen LogP contribution in [-0.2, 0) is 24.1 Å². The molecule has 1 aliphatic heterocycles. The molecule has 0 saturated carbocycles. The van der Waals surface area contributed by atoms with E-state index in [1.54, 1.807) is 0 Å². The van der Waals surface area contributed by atoms with Gasteiger partial charge in [0.25, 0.3) is 0 Å². The van der Waals surface area contributed by atoms with Crippen molar-refractivity contribution in [1.29, 1.82) is 0 Å². The van der Waals surface area contributed by atoms with Crippen LogP contribution in [0.3, 0.4) is 0 Å². The summed E-state index contributed by atoms with van der Waals surface area (Å²) in [7, 11) is 0. The molecule has 0 spiro atoms. The average molecular weight is 414 g/mol.